The van der Waals surface area contributed by atoms with E-state index < -0.39 is 0 Å². The zero-order valence-corrected chi connectivity index (χ0v) is 12.6. The number of hydrogen-bond acceptors (Lipinski definition) is 1. The van der Waals surface area contributed by atoms with Crippen molar-refractivity contribution in [2.24, 2.45) is 17.8 Å². The molecule has 1 unspecified atom stereocenters. The molecule has 0 N–H and O–H groups in total. The van der Waals surface area contributed by atoms with Crippen LogP contribution in [0.4, 0.5) is 0 Å². The lowest BCUT2D eigenvalue weighted by atomic mass is 9.78. The molecule has 1 atom stereocenters. The highest BCUT2D eigenvalue weighted by Crippen LogP contribution is 2.32. The highest BCUT2D eigenvalue weighted by atomic mass is 14.6. The van der Waals surface area contributed by atoms with E-state index in [2.05, 4.69) is 31.0 Å². The second-order valence-electron chi connectivity index (χ2n) is 6.79. The molecule has 106 valence electrons. The van der Waals surface area contributed by atoms with Crippen molar-refractivity contribution in [2.75, 3.05) is 0 Å². The molecule has 0 bridgehead atoms. The first-order valence-electron chi connectivity index (χ1n) is 8.13. The minimum atomic E-state index is 0.815. The lowest BCUT2D eigenvalue weighted by molar-refractivity contribution is 0.262. The maximum absolute atomic E-state index is 4.13. The number of nitrogens with zero attached hydrogens (tertiary/aromatic N) is 1. The maximum atomic E-state index is 4.13. The van der Waals surface area contributed by atoms with Gasteiger partial charge in [-0.05, 0) is 54.7 Å². The maximum Gasteiger partial charge on any atom is 0.0270 e. The molecule has 0 aromatic carbocycles. The van der Waals surface area contributed by atoms with Gasteiger partial charge in [0.15, 0.2) is 0 Å². The number of pyridine rings is 1. The quantitative estimate of drug-likeness (QED) is 0.679. The Morgan fingerprint density at radius 1 is 1.11 bits per heavy atom. The summed E-state index contributed by atoms with van der Waals surface area (Å²) in [6.45, 7) is 4.72. The van der Waals surface area contributed by atoms with E-state index in [1.54, 1.807) is 0 Å². The predicted molar refractivity (Wildman–Crippen MR) is 82.1 cm³/mol. The van der Waals surface area contributed by atoms with E-state index in [1.807, 2.05) is 12.4 Å². The van der Waals surface area contributed by atoms with E-state index in [-0.39, 0.29) is 0 Å². The molecule has 1 heteroatoms. The Morgan fingerprint density at radius 3 is 2.42 bits per heavy atom. The lowest BCUT2D eigenvalue weighted by Crippen LogP contribution is -2.16. The van der Waals surface area contributed by atoms with E-state index in [0.29, 0.717) is 0 Å². The monoisotopic (exact) mass is 259 g/mol. The van der Waals surface area contributed by atoms with Crippen LogP contribution in [-0.2, 0) is 6.42 Å². The van der Waals surface area contributed by atoms with Crippen molar-refractivity contribution in [3.63, 3.8) is 0 Å². The van der Waals surface area contributed by atoms with Gasteiger partial charge >= 0.3 is 0 Å². The van der Waals surface area contributed by atoms with Crippen LogP contribution in [-0.4, -0.2) is 4.98 Å². The highest BCUT2D eigenvalue weighted by molar-refractivity contribution is 5.10. The average molecular weight is 259 g/mol. The molecule has 1 heterocycles. The fourth-order valence-electron chi connectivity index (χ4n) is 3.68. The summed E-state index contributed by atoms with van der Waals surface area (Å²) < 4.78 is 0. The summed E-state index contributed by atoms with van der Waals surface area (Å²) in [6.07, 6.45) is 15.3. The van der Waals surface area contributed by atoms with Gasteiger partial charge in [-0.1, -0.05) is 46.0 Å². The first kappa shape index (κ1) is 14.6. The zero-order chi connectivity index (χ0) is 13.5. The fourth-order valence-corrected chi connectivity index (χ4v) is 3.68. The first-order chi connectivity index (χ1) is 9.24. The van der Waals surface area contributed by atoms with Crippen molar-refractivity contribution in [1.82, 2.24) is 4.98 Å². The Balaban J connectivity index is 1.91. The third kappa shape index (κ3) is 5.34. The lowest BCUT2D eigenvalue weighted by Gasteiger charge is -2.27. The molecule has 2 rings (SSSR count). The third-order valence-corrected chi connectivity index (χ3v) is 4.47. The number of hydrogen-bond donors (Lipinski definition) is 0. The van der Waals surface area contributed by atoms with Gasteiger partial charge in [-0.25, -0.2) is 0 Å². The summed E-state index contributed by atoms with van der Waals surface area (Å²) in [5.41, 5.74) is 1.47. The highest BCUT2D eigenvalue weighted by Gasteiger charge is 2.20. The van der Waals surface area contributed by atoms with Crippen LogP contribution in [0, 0.1) is 17.8 Å². The van der Waals surface area contributed by atoms with Crippen molar-refractivity contribution in [1.29, 1.82) is 0 Å². The summed E-state index contributed by atoms with van der Waals surface area (Å²) >= 11 is 0. The van der Waals surface area contributed by atoms with Gasteiger partial charge in [0.2, 0.25) is 0 Å². The van der Waals surface area contributed by atoms with Gasteiger partial charge in [0.25, 0.3) is 0 Å². The van der Waals surface area contributed by atoms with Gasteiger partial charge in [-0.2, -0.15) is 0 Å². The van der Waals surface area contributed by atoms with Crippen LogP contribution >= 0.6 is 0 Å². The molecule has 1 fully saturated rings. The van der Waals surface area contributed by atoms with E-state index in [4.69, 9.17) is 0 Å². The molecule has 1 aromatic rings. The minimum absolute atomic E-state index is 0.815. The second-order valence-corrected chi connectivity index (χ2v) is 6.79. The molecule has 1 aromatic heterocycles. The molecule has 1 aliphatic rings. The van der Waals surface area contributed by atoms with E-state index in [0.717, 1.165) is 17.8 Å². The SMILES string of the molecule is CC(C)CC(Cc1ccncc1)CC1CCCCC1. The smallest absolute Gasteiger partial charge is 0.0270 e. The normalized spacial score (nSPS) is 18.7. The predicted octanol–water partition coefficient (Wildman–Crippen LogP) is 5.26. The summed E-state index contributed by atoms with van der Waals surface area (Å²) in [6, 6.07) is 4.38. The van der Waals surface area contributed by atoms with Gasteiger partial charge < -0.3 is 0 Å². The third-order valence-electron chi connectivity index (χ3n) is 4.47. The Kier molecular flexibility index (Phi) is 5.88. The summed E-state index contributed by atoms with van der Waals surface area (Å²) in [5, 5.41) is 0. The summed E-state index contributed by atoms with van der Waals surface area (Å²) in [4.78, 5) is 4.13. The van der Waals surface area contributed by atoms with Crippen LogP contribution in [0.1, 0.15) is 64.4 Å². The zero-order valence-electron chi connectivity index (χ0n) is 12.6. The fraction of sp³-hybridized carbons (Fsp3) is 0.722. The Bertz CT molecular complexity index is 338. The first-order valence-corrected chi connectivity index (χ1v) is 8.13. The largest absolute Gasteiger partial charge is 0.265 e. The van der Waals surface area contributed by atoms with Crippen LogP contribution in [0.5, 0.6) is 0 Å². The van der Waals surface area contributed by atoms with Crippen LogP contribution in [0.2, 0.25) is 0 Å². The second kappa shape index (κ2) is 7.67. The van der Waals surface area contributed by atoms with Gasteiger partial charge in [0.1, 0.15) is 0 Å². The van der Waals surface area contributed by atoms with Crippen LogP contribution < -0.4 is 0 Å². The van der Waals surface area contributed by atoms with E-state index >= 15 is 0 Å². The molecule has 0 saturated heterocycles. The molecule has 0 radical (unpaired) electrons. The van der Waals surface area contributed by atoms with Crippen molar-refractivity contribution in [3.8, 4) is 0 Å². The minimum Gasteiger partial charge on any atom is -0.265 e. The van der Waals surface area contributed by atoms with Gasteiger partial charge in [-0.15, -0.1) is 0 Å². The molecule has 0 aliphatic heterocycles. The van der Waals surface area contributed by atoms with Crippen LogP contribution in [0.15, 0.2) is 24.5 Å². The molecular weight excluding hydrogens is 230 g/mol. The average Bonchev–Trinajstić information content (AvgIpc) is 2.40. The Hall–Kier alpha value is -0.850. The summed E-state index contributed by atoms with van der Waals surface area (Å²) in [5.74, 6) is 2.68. The van der Waals surface area contributed by atoms with Gasteiger partial charge in [-0.3, -0.25) is 4.98 Å². The molecule has 0 spiro atoms. The molecule has 1 aliphatic carbocycles. The molecule has 19 heavy (non-hydrogen) atoms. The van der Waals surface area contributed by atoms with Crippen LogP contribution in [0.25, 0.3) is 0 Å². The van der Waals surface area contributed by atoms with Crippen molar-refractivity contribution in [3.05, 3.63) is 30.1 Å². The van der Waals surface area contributed by atoms with Gasteiger partial charge in [0, 0.05) is 12.4 Å². The molecule has 1 nitrogen and oxygen atoms in total. The topological polar surface area (TPSA) is 12.9 Å². The Morgan fingerprint density at radius 2 is 1.79 bits per heavy atom. The summed E-state index contributed by atoms with van der Waals surface area (Å²) in [7, 11) is 0. The van der Waals surface area contributed by atoms with Crippen molar-refractivity contribution >= 4 is 0 Å². The van der Waals surface area contributed by atoms with Gasteiger partial charge in [0.05, 0.1) is 0 Å². The Labute approximate surface area is 118 Å². The molecule has 1 saturated carbocycles. The molecular formula is C18H29N. The van der Waals surface area contributed by atoms with E-state index in [9.17, 15) is 0 Å². The van der Waals surface area contributed by atoms with E-state index in [1.165, 1.54) is 56.9 Å². The van der Waals surface area contributed by atoms with Crippen molar-refractivity contribution < 1.29 is 0 Å². The number of rotatable bonds is 6. The molecule has 0 amide bonds. The number of aromatic nitrogens is 1. The standard InChI is InChI=1S/C18H29N/c1-15(2)12-18(13-16-6-4-3-5-7-16)14-17-8-10-19-11-9-17/h8-11,15-16,18H,3-7,12-14H2,1-2H3. The van der Waals surface area contributed by atoms with Crippen molar-refractivity contribution in [2.45, 2.75) is 65.2 Å². The van der Waals surface area contributed by atoms with Crippen LogP contribution in [0.3, 0.4) is 0 Å².